The van der Waals surface area contributed by atoms with Gasteiger partial charge < -0.3 is 19.3 Å². The van der Waals surface area contributed by atoms with Gasteiger partial charge in [0.05, 0.1) is 43.8 Å². The SMILES string of the molecule is COc1ccc2c(c1)c(C(=O)N1CCn3nc(CO)cc3C1)c(C)n2C. The first-order valence-corrected chi connectivity index (χ1v) is 8.62. The fraction of sp³-hybridized carbons (Fsp3) is 0.368. The molecule has 1 aliphatic heterocycles. The summed E-state index contributed by atoms with van der Waals surface area (Å²) in [5.74, 6) is 0.751. The fourth-order valence-electron chi connectivity index (χ4n) is 3.68. The highest BCUT2D eigenvalue weighted by Crippen LogP contribution is 2.30. The fourth-order valence-corrected chi connectivity index (χ4v) is 3.68. The van der Waals surface area contributed by atoms with Gasteiger partial charge in [0.2, 0.25) is 0 Å². The number of ether oxygens (including phenoxy) is 1. The van der Waals surface area contributed by atoms with Crippen molar-refractivity contribution in [1.29, 1.82) is 0 Å². The van der Waals surface area contributed by atoms with Gasteiger partial charge in [-0.05, 0) is 31.2 Å². The Morgan fingerprint density at radius 3 is 2.85 bits per heavy atom. The maximum absolute atomic E-state index is 13.3. The minimum atomic E-state index is -0.0871. The Morgan fingerprint density at radius 2 is 2.12 bits per heavy atom. The number of aliphatic hydroxyl groups excluding tert-OH is 1. The van der Waals surface area contributed by atoms with Crippen molar-refractivity contribution in [1.82, 2.24) is 19.2 Å². The van der Waals surface area contributed by atoms with Crippen molar-refractivity contribution in [3.8, 4) is 5.75 Å². The second-order valence-corrected chi connectivity index (χ2v) is 6.64. The molecule has 1 N–H and O–H groups in total. The highest BCUT2D eigenvalue weighted by molar-refractivity contribution is 6.08. The van der Waals surface area contributed by atoms with Crippen LogP contribution >= 0.6 is 0 Å². The van der Waals surface area contributed by atoms with Crippen LogP contribution in [0.4, 0.5) is 0 Å². The van der Waals surface area contributed by atoms with E-state index in [1.807, 2.05) is 52.4 Å². The van der Waals surface area contributed by atoms with Gasteiger partial charge in [-0.15, -0.1) is 0 Å². The summed E-state index contributed by atoms with van der Waals surface area (Å²) in [6.07, 6.45) is 0. The third-order valence-corrected chi connectivity index (χ3v) is 5.21. The molecule has 0 fully saturated rings. The van der Waals surface area contributed by atoms with Crippen molar-refractivity contribution in [2.45, 2.75) is 26.6 Å². The molecule has 4 rings (SSSR count). The summed E-state index contributed by atoms with van der Waals surface area (Å²) < 4.78 is 9.25. The maximum atomic E-state index is 13.3. The molecule has 26 heavy (non-hydrogen) atoms. The van der Waals surface area contributed by atoms with Gasteiger partial charge >= 0.3 is 0 Å². The van der Waals surface area contributed by atoms with Crippen molar-refractivity contribution in [2.75, 3.05) is 13.7 Å². The first kappa shape index (κ1) is 16.7. The first-order chi connectivity index (χ1) is 12.5. The van der Waals surface area contributed by atoms with Gasteiger partial charge in [0.1, 0.15) is 5.75 Å². The normalized spacial score (nSPS) is 13.9. The summed E-state index contributed by atoms with van der Waals surface area (Å²) in [7, 11) is 3.60. The molecule has 1 amide bonds. The Bertz CT molecular complexity index is 1000. The molecule has 0 radical (unpaired) electrons. The molecule has 1 aromatic carbocycles. The zero-order chi connectivity index (χ0) is 18.4. The standard InChI is InChI=1S/C19H22N4O3/c1-12-18(16-9-15(26-3)4-5-17(16)21(12)2)19(25)22-6-7-23-14(10-22)8-13(11-24)20-23/h4-5,8-9,24H,6-7,10-11H2,1-3H3. The summed E-state index contributed by atoms with van der Waals surface area (Å²) in [5, 5.41) is 14.5. The molecule has 2 aromatic heterocycles. The van der Waals surface area contributed by atoms with Gasteiger partial charge in [0.15, 0.2) is 0 Å². The Hall–Kier alpha value is -2.80. The molecule has 0 atom stereocenters. The van der Waals surface area contributed by atoms with Gasteiger partial charge in [-0.25, -0.2) is 0 Å². The number of fused-ring (bicyclic) bond motifs is 2. The Balaban J connectivity index is 1.73. The lowest BCUT2D eigenvalue weighted by molar-refractivity contribution is 0.0707. The van der Waals surface area contributed by atoms with Gasteiger partial charge in [-0.1, -0.05) is 0 Å². The number of carbonyl (C=O) groups excluding carboxylic acids is 1. The average Bonchev–Trinajstić information content (AvgIpc) is 3.19. The molecule has 0 unspecified atom stereocenters. The Labute approximate surface area is 151 Å². The van der Waals surface area contributed by atoms with Gasteiger partial charge in [0.25, 0.3) is 5.91 Å². The second kappa shape index (κ2) is 6.17. The van der Waals surface area contributed by atoms with Crippen LogP contribution < -0.4 is 4.74 Å². The molecule has 0 aliphatic carbocycles. The summed E-state index contributed by atoms with van der Waals surface area (Å²) >= 11 is 0. The van der Waals surface area contributed by atoms with Crippen molar-refractivity contribution in [3.05, 3.63) is 46.9 Å². The molecule has 3 aromatic rings. The van der Waals surface area contributed by atoms with Crippen LogP contribution in [0.1, 0.15) is 27.4 Å². The highest BCUT2D eigenvalue weighted by atomic mass is 16.5. The minimum absolute atomic E-state index is 0.0133. The predicted octanol–water partition coefficient (Wildman–Crippen LogP) is 1.84. The molecular weight excluding hydrogens is 332 g/mol. The topological polar surface area (TPSA) is 72.5 Å². The van der Waals surface area contributed by atoms with Crippen LogP contribution in [0.25, 0.3) is 10.9 Å². The lowest BCUT2D eigenvalue weighted by Crippen LogP contribution is -2.38. The molecule has 136 valence electrons. The molecule has 7 heteroatoms. The monoisotopic (exact) mass is 354 g/mol. The number of benzene rings is 1. The van der Waals surface area contributed by atoms with E-state index < -0.39 is 0 Å². The third-order valence-electron chi connectivity index (χ3n) is 5.21. The molecule has 1 aliphatic rings. The first-order valence-electron chi connectivity index (χ1n) is 8.62. The number of amides is 1. The average molecular weight is 354 g/mol. The van der Waals surface area contributed by atoms with Crippen molar-refractivity contribution in [2.24, 2.45) is 7.05 Å². The van der Waals surface area contributed by atoms with E-state index >= 15 is 0 Å². The van der Waals surface area contributed by atoms with Crippen LogP contribution in [-0.4, -0.2) is 43.9 Å². The lowest BCUT2D eigenvalue weighted by Gasteiger charge is -2.28. The van der Waals surface area contributed by atoms with Crippen molar-refractivity contribution < 1.29 is 14.6 Å². The summed E-state index contributed by atoms with van der Waals surface area (Å²) in [5.41, 5.74) is 4.26. The number of methoxy groups -OCH3 is 1. The number of rotatable bonds is 3. The number of aliphatic hydroxyl groups is 1. The smallest absolute Gasteiger partial charge is 0.256 e. The van der Waals surface area contributed by atoms with E-state index in [4.69, 9.17) is 4.74 Å². The highest BCUT2D eigenvalue weighted by Gasteiger charge is 2.27. The van der Waals surface area contributed by atoms with Crippen LogP contribution in [0.5, 0.6) is 5.75 Å². The van der Waals surface area contributed by atoms with E-state index in [9.17, 15) is 9.90 Å². The van der Waals surface area contributed by atoms with E-state index in [0.717, 1.165) is 33.6 Å². The van der Waals surface area contributed by atoms with Gasteiger partial charge in [0, 0.05) is 30.2 Å². The van der Waals surface area contributed by atoms with E-state index in [1.54, 1.807) is 7.11 Å². The third kappa shape index (κ3) is 2.47. The zero-order valence-corrected chi connectivity index (χ0v) is 15.2. The summed E-state index contributed by atoms with van der Waals surface area (Å²) in [6.45, 7) is 3.60. The predicted molar refractivity (Wildman–Crippen MR) is 97.1 cm³/mol. The van der Waals surface area contributed by atoms with Crippen LogP contribution in [0.3, 0.4) is 0 Å². The van der Waals surface area contributed by atoms with Crippen molar-refractivity contribution >= 4 is 16.8 Å². The van der Waals surface area contributed by atoms with Crippen LogP contribution in [0.2, 0.25) is 0 Å². The number of hydrogen-bond acceptors (Lipinski definition) is 4. The van der Waals surface area contributed by atoms with Crippen molar-refractivity contribution in [3.63, 3.8) is 0 Å². The molecule has 7 nitrogen and oxygen atoms in total. The van der Waals surface area contributed by atoms with Crippen LogP contribution in [-0.2, 0) is 26.7 Å². The quantitative estimate of drug-likeness (QED) is 0.779. The number of hydrogen-bond donors (Lipinski definition) is 1. The lowest BCUT2D eigenvalue weighted by atomic mass is 10.1. The largest absolute Gasteiger partial charge is 0.497 e. The number of carbonyl (C=O) groups is 1. The van der Waals surface area contributed by atoms with Gasteiger partial charge in [-0.2, -0.15) is 5.10 Å². The molecule has 0 saturated carbocycles. The van der Waals surface area contributed by atoms with Gasteiger partial charge in [-0.3, -0.25) is 9.48 Å². The van der Waals surface area contributed by atoms with E-state index in [0.29, 0.717) is 25.3 Å². The Kier molecular flexibility index (Phi) is 3.96. The summed E-state index contributed by atoms with van der Waals surface area (Å²) in [6, 6.07) is 7.68. The Morgan fingerprint density at radius 1 is 1.31 bits per heavy atom. The molecule has 3 heterocycles. The molecule has 0 spiro atoms. The minimum Gasteiger partial charge on any atom is -0.497 e. The van der Waals surface area contributed by atoms with E-state index in [1.165, 1.54) is 0 Å². The number of aryl methyl sites for hydroxylation is 1. The van der Waals surface area contributed by atoms with Crippen LogP contribution in [0, 0.1) is 6.92 Å². The zero-order valence-electron chi connectivity index (χ0n) is 15.2. The number of nitrogens with zero attached hydrogens (tertiary/aromatic N) is 4. The molecule has 0 saturated heterocycles. The second-order valence-electron chi connectivity index (χ2n) is 6.64. The summed E-state index contributed by atoms with van der Waals surface area (Å²) in [4.78, 5) is 15.2. The van der Waals surface area contributed by atoms with E-state index in [2.05, 4.69) is 5.10 Å². The van der Waals surface area contributed by atoms with Crippen LogP contribution in [0.15, 0.2) is 24.3 Å². The maximum Gasteiger partial charge on any atom is 0.256 e. The molecular formula is C19H22N4O3. The van der Waals surface area contributed by atoms with E-state index in [-0.39, 0.29) is 12.5 Å². The number of aromatic nitrogens is 3. The molecule has 0 bridgehead atoms.